The van der Waals surface area contributed by atoms with Crippen molar-refractivity contribution in [3.05, 3.63) is 0 Å². The number of hydrogen-bond donors (Lipinski definition) is 2. The second kappa shape index (κ2) is 7.58. The highest BCUT2D eigenvalue weighted by molar-refractivity contribution is 5.74. The van der Waals surface area contributed by atoms with E-state index < -0.39 is 0 Å². The highest BCUT2D eigenvalue weighted by Crippen LogP contribution is 2.54. The van der Waals surface area contributed by atoms with E-state index in [9.17, 15) is 4.79 Å². The third-order valence-electron chi connectivity index (χ3n) is 6.47. The molecule has 1 aliphatic heterocycles. The summed E-state index contributed by atoms with van der Waals surface area (Å²) in [7, 11) is 4.29. The van der Waals surface area contributed by atoms with Gasteiger partial charge in [-0.05, 0) is 40.3 Å². The van der Waals surface area contributed by atoms with Gasteiger partial charge in [0, 0.05) is 50.3 Å². The van der Waals surface area contributed by atoms with Gasteiger partial charge in [0.2, 0.25) is 0 Å². The molecule has 3 atom stereocenters. The molecule has 0 aromatic heterocycles. The molecule has 138 valence electrons. The van der Waals surface area contributed by atoms with E-state index in [1.54, 1.807) is 0 Å². The Labute approximate surface area is 146 Å². The van der Waals surface area contributed by atoms with Crippen molar-refractivity contribution in [2.45, 2.75) is 57.2 Å². The lowest BCUT2D eigenvalue weighted by Gasteiger charge is -2.54. The Hall–Kier alpha value is -0.850. The van der Waals surface area contributed by atoms with Crippen molar-refractivity contribution in [2.75, 3.05) is 46.9 Å². The Morgan fingerprint density at radius 3 is 2.71 bits per heavy atom. The van der Waals surface area contributed by atoms with Gasteiger partial charge in [0.15, 0.2) is 0 Å². The van der Waals surface area contributed by atoms with Crippen LogP contribution >= 0.6 is 0 Å². The molecule has 6 heteroatoms. The van der Waals surface area contributed by atoms with Gasteiger partial charge in [0.05, 0.1) is 6.10 Å². The number of likely N-dealkylation sites (N-methyl/N-ethyl adjacent to an activating group) is 2. The molecule has 0 aromatic rings. The zero-order valence-corrected chi connectivity index (χ0v) is 15.5. The number of nitrogens with one attached hydrogen (secondary N) is 2. The smallest absolute Gasteiger partial charge is 0.315 e. The number of rotatable bonds is 5. The lowest BCUT2D eigenvalue weighted by molar-refractivity contribution is -0.126. The van der Waals surface area contributed by atoms with E-state index in [1.807, 2.05) is 0 Å². The van der Waals surface area contributed by atoms with Crippen LogP contribution < -0.4 is 10.6 Å². The lowest BCUT2D eigenvalue weighted by atomic mass is 9.60. The van der Waals surface area contributed by atoms with Crippen LogP contribution in [0.15, 0.2) is 0 Å². The molecule has 0 aromatic carbocycles. The summed E-state index contributed by atoms with van der Waals surface area (Å²) in [5, 5.41) is 6.34. The summed E-state index contributed by atoms with van der Waals surface area (Å²) in [6, 6.07) is 0.665. The van der Waals surface area contributed by atoms with E-state index in [4.69, 9.17) is 4.74 Å². The molecule has 0 radical (unpaired) electrons. The van der Waals surface area contributed by atoms with Crippen LogP contribution in [-0.4, -0.2) is 80.9 Å². The zero-order chi connectivity index (χ0) is 17.2. The van der Waals surface area contributed by atoms with Crippen molar-refractivity contribution in [3.8, 4) is 0 Å². The Balaban J connectivity index is 1.47. The second-order valence-corrected chi connectivity index (χ2v) is 7.92. The lowest BCUT2D eigenvalue weighted by Crippen LogP contribution is -2.65. The molecular weight excluding hydrogens is 304 g/mol. The van der Waals surface area contributed by atoms with Crippen molar-refractivity contribution >= 4 is 6.03 Å². The van der Waals surface area contributed by atoms with Gasteiger partial charge in [-0.1, -0.05) is 12.8 Å². The van der Waals surface area contributed by atoms with Crippen LogP contribution in [0.3, 0.4) is 0 Å². The summed E-state index contributed by atoms with van der Waals surface area (Å²) < 4.78 is 5.92. The van der Waals surface area contributed by atoms with E-state index in [0.29, 0.717) is 18.7 Å². The summed E-state index contributed by atoms with van der Waals surface area (Å²) >= 11 is 0. The first-order chi connectivity index (χ1) is 11.5. The molecule has 2 N–H and O–H groups in total. The quantitative estimate of drug-likeness (QED) is 0.793. The highest BCUT2D eigenvalue weighted by Gasteiger charge is 2.57. The molecule has 0 unspecified atom stereocenters. The minimum atomic E-state index is -0.0113. The monoisotopic (exact) mass is 338 g/mol. The Morgan fingerprint density at radius 1 is 1.25 bits per heavy atom. The minimum absolute atomic E-state index is 0.0113. The van der Waals surface area contributed by atoms with Crippen molar-refractivity contribution in [1.82, 2.24) is 20.4 Å². The maximum Gasteiger partial charge on any atom is 0.315 e. The Morgan fingerprint density at radius 2 is 2.00 bits per heavy atom. The second-order valence-electron chi connectivity index (χ2n) is 7.92. The third-order valence-corrected chi connectivity index (χ3v) is 6.47. The summed E-state index contributed by atoms with van der Waals surface area (Å²) in [6.45, 7) is 6.72. The number of carbonyl (C=O) groups is 1. The average molecular weight is 338 g/mol. The van der Waals surface area contributed by atoms with E-state index in [1.165, 1.54) is 25.7 Å². The Kier molecular flexibility index (Phi) is 5.67. The fourth-order valence-electron chi connectivity index (χ4n) is 4.83. The SMILES string of the molecule is CCO[C@@H]1C[C@@H](NC(=O)NC[C@@H]2CN(C)CCN2C)C12CCCC2. The zero-order valence-electron chi connectivity index (χ0n) is 15.5. The largest absolute Gasteiger partial charge is 0.378 e. The molecule has 2 aliphatic carbocycles. The van der Waals surface area contributed by atoms with Crippen LogP contribution in [0.4, 0.5) is 4.79 Å². The highest BCUT2D eigenvalue weighted by atomic mass is 16.5. The van der Waals surface area contributed by atoms with Crippen molar-refractivity contribution in [1.29, 1.82) is 0 Å². The van der Waals surface area contributed by atoms with Gasteiger partial charge in [-0.15, -0.1) is 0 Å². The van der Waals surface area contributed by atoms with Gasteiger partial charge in [-0.25, -0.2) is 4.79 Å². The Bertz CT molecular complexity index is 439. The van der Waals surface area contributed by atoms with Gasteiger partial charge < -0.3 is 20.3 Å². The van der Waals surface area contributed by atoms with Gasteiger partial charge >= 0.3 is 6.03 Å². The number of piperazine rings is 1. The normalized spacial score (nSPS) is 33.4. The molecule has 6 nitrogen and oxygen atoms in total. The topological polar surface area (TPSA) is 56.8 Å². The number of hydrogen-bond acceptors (Lipinski definition) is 4. The molecule has 2 amide bonds. The average Bonchev–Trinajstić information content (AvgIpc) is 3.07. The molecule has 24 heavy (non-hydrogen) atoms. The molecule has 3 aliphatic rings. The molecule has 3 fully saturated rings. The van der Waals surface area contributed by atoms with Crippen LogP contribution in [0, 0.1) is 5.41 Å². The van der Waals surface area contributed by atoms with Crippen LogP contribution in [0.2, 0.25) is 0 Å². The number of carbonyl (C=O) groups excluding carboxylic acids is 1. The van der Waals surface area contributed by atoms with Crippen LogP contribution in [0.1, 0.15) is 39.0 Å². The van der Waals surface area contributed by atoms with Gasteiger partial charge in [0.25, 0.3) is 0 Å². The molecule has 2 saturated carbocycles. The van der Waals surface area contributed by atoms with E-state index in [2.05, 4.69) is 41.5 Å². The van der Waals surface area contributed by atoms with Crippen molar-refractivity contribution in [3.63, 3.8) is 0 Å². The first-order valence-electron chi connectivity index (χ1n) is 9.60. The van der Waals surface area contributed by atoms with E-state index in [0.717, 1.165) is 32.7 Å². The fourth-order valence-corrected chi connectivity index (χ4v) is 4.83. The van der Waals surface area contributed by atoms with Crippen molar-refractivity contribution in [2.24, 2.45) is 5.41 Å². The molecule has 1 saturated heterocycles. The maximum atomic E-state index is 12.4. The van der Waals surface area contributed by atoms with Crippen LogP contribution in [-0.2, 0) is 4.74 Å². The molecular formula is C18H34N4O2. The first-order valence-corrected chi connectivity index (χ1v) is 9.60. The van der Waals surface area contributed by atoms with Crippen molar-refractivity contribution < 1.29 is 9.53 Å². The number of nitrogens with zero attached hydrogens (tertiary/aromatic N) is 2. The summed E-state index contributed by atoms with van der Waals surface area (Å²) in [5.41, 5.74) is 0.204. The van der Waals surface area contributed by atoms with E-state index >= 15 is 0 Å². The summed E-state index contributed by atoms with van der Waals surface area (Å²) in [4.78, 5) is 17.1. The predicted octanol–water partition coefficient (Wildman–Crippen LogP) is 1.27. The molecule has 3 rings (SSSR count). The molecule has 1 heterocycles. The summed E-state index contributed by atoms with van der Waals surface area (Å²) in [5.74, 6) is 0. The first kappa shape index (κ1) is 18.0. The third kappa shape index (κ3) is 3.55. The number of urea groups is 1. The number of amides is 2. The minimum Gasteiger partial charge on any atom is -0.378 e. The van der Waals surface area contributed by atoms with Gasteiger partial charge in [0.1, 0.15) is 0 Å². The predicted molar refractivity (Wildman–Crippen MR) is 95.2 cm³/mol. The maximum absolute atomic E-state index is 12.4. The fraction of sp³-hybridized carbons (Fsp3) is 0.944. The number of ether oxygens (including phenoxy) is 1. The molecule has 0 bridgehead atoms. The van der Waals surface area contributed by atoms with E-state index in [-0.39, 0.29) is 17.5 Å². The van der Waals surface area contributed by atoms with Crippen LogP contribution in [0.25, 0.3) is 0 Å². The van der Waals surface area contributed by atoms with Crippen LogP contribution in [0.5, 0.6) is 0 Å². The molecule has 1 spiro atoms. The summed E-state index contributed by atoms with van der Waals surface area (Å²) in [6.07, 6.45) is 6.23. The van der Waals surface area contributed by atoms with Gasteiger partial charge in [-0.3, -0.25) is 4.90 Å². The van der Waals surface area contributed by atoms with Gasteiger partial charge in [-0.2, -0.15) is 0 Å². The standard InChI is InChI=1S/C18H34N4O2/c1-4-24-16-11-15(18(16)7-5-6-8-18)20-17(23)19-12-14-13-21(2)9-10-22(14)3/h14-16H,4-13H2,1-3H3,(H2,19,20,23)/t14-,15-,16-/m1/s1.